The molecule has 8 nitrogen and oxygen atoms in total. The zero-order valence-electron chi connectivity index (χ0n) is 21.2. The van der Waals surface area contributed by atoms with E-state index in [4.69, 9.17) is 0 Å². The van der Waals surface area contributed by atoms with E-state index in [9.17, 15) is 9.59 Å². The number of benzene rings is 1. The molecule has 36 heavy (non-hydrogen) atoms. The summed E-state index contributed by atoms with van der Waals surface area (Å²) in [4.78, 5) is 33.3. The molecule has 1 aliphatic heterocycles. The van der Waals surface area contributed by atoms with Crippen LogP contribution in [0.5, 0.6) is 0 Å². The number of pyridine rings is 1. The van der Waals surface area contributed by atoms with Gasteiger partial charge in [0.1, 0.15) is 6.04 Å². The molecule has 2 aliphatic rings. The van der Waals surface area contributed by atoms with Gasteiger partial charge in [-0.05, 0) is 63.3 Å². The Kier molecular flexibility index (Phi) is 7.32. The van der Waals surface area contributed by atoms with E-state index < -0.39 is 6.04 Å². The number of nitrogens with one attached hydrogen (secondary N) is 2. The minimum atomic E-state index is -0.486. The molecule has 5 rings (SSSR count). The lowest BCUT2D eigenvalue weighted by molar-refractivity contribution is -0.139. The van der Waals surface area contributed by atoms with E-state index in [-0.39, 0.29) is 29.8 Å². The molecule has 0 radical (unpaired) electrons. The molecule has 2 N–H and O–H groups in total. The SMILES string of the molecule is CNC(C)C(=O)N[C@H](C(=O)N1CCCC1c1cncc(-n2ncc3ccccc32)c1)C1CCCCC1. The van der Waals surface area contributed by atoms with Gasteiger partial charge >= 0.3 is 0 Å². The molecule has 2 aromatic heterocycles. The first-order valence-electron chi connectivity index (χ1n) is 13.2. The third-order valence-corrected chi connectivity index (χ3v) is 7.90. The first-order chi connectivity index (χ1) is 17.6. The number of carbonyl (C=O) groups excluding carboxylic acids is 2. The molecule has 0 bridgehead atoms. The van der Waals surface area contributed by atoms with Crippen molar-refractivity contribution in [3.05, 3.63) is 54.5 Å². The number of nitrogens with zero attached hydrogens (tertiary/aromatic N) is 4. The van der Waals surface area contributed by atoms with Gasteiger partial charge in [-0.1, -0.05) is 37.5 Å². The van der Waals surface area contributed by atoms with E-state index in [1.165, 1.54) is 6.42 Å². The first-order valence-corrected chi connectivity index (χ1v) is 13.2. The predicted octanol–water partition coefficient (Wildman–Crippen LogP) is 3.76. The van der Waals surface area contributed by atoms with Crippen molar-refractivity contribution >= 4 is 22.7 Å². The Balaban J connectivity index is 1.41. The number of likely N-dealkylation sites (N-methyl/N-ethyl adjacent to an activating group) is 1. The summed E-state index contributed by atoms with van der Waals surface area (Å²) >= 11 is 0. The van der Waals surface area contributed by atoms with Crippen molar-refractivity contribution in [1.29, 1.82) is 0 Å². The summed E-state index contributed by atoms with van der Waals surface area (Å²) in [6, 6.07) is 9.31. The summed E-state index contributed by atoms with van der Waals surface area (Å²) in [5, 5.41) is 11.8. The van der Waals surface area contributed by atoms with E-state index in [1.807, 2.05) is 59.4 Å². The van der Waals surface area contributed by atoms with Gasteiger partial charge < -0.3 is 15.5 Å². The lowest BCUT2D eigenvalue weighted by atomic mass is 9.83. The molecule has 1 saturated heterocycles. The molecular formula is C28H36N6O2. The topological polar surface area (TPSA) is 92.2 Å². The number of amides is 2. The molecule has 2 amide bonds. The minimum absolute atomic E-state index is 0.0380. The van der Waals surface area contributed by atoms with E-state index >= 15 is 0 Å². The number of para-hydroxylation sites is 1. The van der Waals surface area contributed by atoms with Crippen LogP contribution in [-0.2, 0) is 9.59 Å². The highest BCUT2D eigenvalue weighted by Crippen LogP contribution is 2.35. The van der Waals surface area contributed by atoms with Gasteiger partial charge in [0.25, 0.3) is 0 Å². The second-order valence-electron chi connectivity index (χ2n) is 10.2. The number of rotatable bonds is 7. The average Bonchev–Trinajstić information content (AvgIpc) is 3.59. The Bertz CT molecular complexity index is 1220. The highest BCUT2D eigenvalue weighted by molar-refractivity contribution is 5.90. The molecule has 1 aromatic carbocycles. The predicted molar refractivity (Wildman–Crippen MR) is 140 cm³/mol. The highest BCUT2D eigenvalue weighted by Gasteiger charge is 2.39. The zero-order valence-corrected chi connectivity index (χ0v) is 21.2. The number of likely N-dealkylation sites (tertiary alicyclic amines) is 1. The second kappa shape index (κ2) is 10.8. The molecule has 1 saturated carbocycles. The summed E-state index contributed by atoms with van der Waals surface area (Å²) in [6.07, 6.45) is 12.7. The Morgan fingerprint density at radius 2 is 1.83 bits per heavy atom. The molecule has 0 spiro atoms. The quantitative estimate of drug-likeness (QED) is 0.528. The summed E-state index contributed by atoms with van der Waals surface area (Å²) < 4.78 is 1.90. The van der Waals surface area contributed by atoms with Crippen molar-refractivity contribution < 1.29 is 9.59 Å². The minimum Gasteiger partial charge on any atom is -0.343 e. The summed E-state index contributed by atoms with van der Waals surface area (Å²) in [7, 11) is 1.76. The third-order valence-electron chi connectivity index (χ3n) is 7.90. The maximum atomic E-state index is 14.0. The summed E-state index contributed by atoms with van der Waals surface area (Å²) in [5.41, 5.74) is 2.91. The van der Waals surface area contributed by atoms with Gasteiger partial charge in [0.15, 0.2) is 0 Å². The second-order valence-corrected chi connectivity index (χ2v) is 10.2. The Morgan fingerprint density at radius 1 is 1.03 bits per heavy atom. The molecular weight excluding hydrogens is 452 g/mol. The van der Waals surface area contributed by atoms with Crippen LogP contribution in [0.1, 0.15) is 63.5 Å². The molecule has 190 valence electrons. The number of hydrogen-bond acceptors (Lipinski definition) is 5. The molecule has 2 unspecified atom stereocenters. The van der Waals surface area contributed by atoms with Crippen LogP contribution in [-0.4, -0.2) is 57.2 Å². The van der Waals surface area contributed by atoms with Crippen LogP contribution >= 0.6 is 0 Å². The van der Waals surface area contributed by atoms with Gasteiger partial charge in [-0.3, -0.25) is 14.6 Å². The van der Waals surface area contributed by atoms with Gasteiger partial charge in [-0.25, -0.2) is 4.68 Å². The number of aromatic nitrogens is 3. The Labute approximate surface area is 212 Å². The van der Waals surface area contributed by atoms with Crippen LogP contribution in [0, 0.1) is 5.92 Å². The lowest BCUT2D eigenvalue weighted by Crippen LogP contribution is -2.55. The van der Waals surface area contributed by atoms with Crippen LogP contribution in [0.4, 0.5) is 0 Å². The van der Waals surface area contributed by atoms with Gasteiger partial charge in [-0.2, -0.15) is 5.10 Å². The maximum Gasteiger partial charge on any atom is 0.245 e. The number of hydrogen-bond donors (Lipinski definition) is 2. The molecule has 3 aromatic rings. The van der Waals surface area contributed by atoms with Gasteiger partial charge in [0.2, 0.25) is 11.8 Å². The van der Waals surface area contributed by atoms with Crippen molar-refractivity contribution in [2.75, 3.05) is 13.6 Å². The van der Waals surface area contributed by atoms with E-state index in [1.54, 1.807) is 7.05 Å². The normalized spacial score (nSPS) is 20.4. The fourth-order valence-electron chi connectivity index (χ4n) is 5.73. The van der Waals surface area contributed by atoms with Gasteiger partial charge in [-0.15, -0.1) is 0 Å². The number of fused-ring (bicyclic) bond motifs is 1. The van der Waals surface area contributed by atoms with E-state index in [2.05, 4.69) is 26.8 Å². The van der Waals surface area contributed by atoms with Crippen molar-refractivity contribution in [2.45, 2.75) is 70.0 Å². The van der Waals surface area contributed by atoms with Crippen LogP contribution in [0.15, 0.2) is 48.9 Å². The monoisotopic (exact) mass is 488 g/mol. The van der Waals surface area contributed by atoms with Crippen LogP contribution in [0.25, 0.3) is 16.6 Å². The molecule has 1 aliphatic carbocycles. The van der Waals surface area contributed by atoms with E-state index in [0.717, 1.165) is 60.7 Å². The van der Waals surface area contributed by atoms with Crippen molar-refractivity contribution in [2.24, 2.45) is 5.92 Å². The van der Waals surface area contributed by atoms with Crippen LogP contribution < -0.4 is 10.6 Å². The largest absolute Gasteiger partial charge is 0.343 e. The standard InChI is InChI=1S/C28H36N6O2/c1-19(29-2)27(35)32-26(20-9-4-3-5-10-20)28(36)33-14-8-13-24(33)22-15-23(18-30-16-22)34-25-12-7-6-11-21(25)17-31-34/h6-7,11-12,15-20,24,26,29H,3-5,8-10,13-14H2,1-2H3,(H,32,35)/t19?,24?,26-/m0/s1. The average molecular weight is 489 g/mol. The molecule has 3 atom stereocenters. The Morgan fingerprint density at radius 3 is 2.64 bits per heavy atom. The van der Waals surface area contributed by atoms with Crippen molar-refractivity contribution in [3.63, 3.8) is 0 Å². The van der Waals surface area contributed by atoms with Gasteiger partial charge in [0, 0.05) is 18.1 Å². The van der Waals surface area contributed by atoms with Gasteiger partial charge in [0.05, 0.1) is 35.7 Å². The lowest BCUT2D eigenvalue weighted by Gasteiger charge is -2.35. The fourth-order valence-corrected chi connectivity index (χ4v) is 5.73. The van der Waals surface area contributed by atoms with Crippen LogP contribution in [0.3, 0.4) is 0 Å². The van der Waals surface area contributed by atoms with Crippen molar-refractivity contribution in [1.82, 2.24) is 30.3 Å². The fraction of sp³-hybridized carbons (Fsp3) is 0.500. The van der Waals surface area contributed by atoms with E-state index in [0.29, 0.717) is 6.54 Å². The van der Waals surface area contributed by atoms with Crippen molar-refractivity contribution in [3.8, 4) is 5.69 Å². The smallest absolute Gasteiger partial charge is 0.245 e. The zero-order chi connectivity index (χ0) is 25.1. The highest BCUT2D eigenvalue weighted by atomic mass is 16.2. The first kappa shape index (κ1) is 24.4. The molecule has 3 heterocycles. The number of carbonyl (C=O) groups is 2. The summed E-state index contributed by atoms with van der Waals surface area (Å²) in [5.74, 6) is 0.0998. The van der Waals surface area contributed by atoms with Crippen LogP contribution in [0.2, 0.25) is 0 Å². The molecule has 2 fully saturated rings. The molecule has 8 heteroatoms. The Hall–Kier alpha value is -3.26. The maximum absolute atomic E-state index is 14.0. The third kappa shape index (κ3) is 4.87. The summed E-state index contributed by atoms with van der Waals surface area (Å²) in [6.45, 7) is 2.52.